The summed E-state index contributed by atoms with van der Waals surface area (Å²) in [6.45, 7) is 0. The summed E-state index contributed by atoms with van der Waals surface area (Å²) in [5.74, 6) is -0.246. The predicted octanol–water partition coefficient (Wildman–Crippen LogP) is 6.06. The minimum Gasteiger partial charge on any atom is -0.457 e. The number of pyridine rings is 1. The average molecular weight is 494 g/mol. The second-order valence-corrected chi connectivity index (χ2v) is 7.59. The lowest BCUT2D eigenvalue weighted by Crippen LogP contribution is -2.18. The number of anilines is 1. The van der Waals surface area contributed by atoms with E-state index < -0.39 is 23.3 Å². The predicted molar refractivity (Wildman–Crippen MR) is 127 cm³/mol. The zero-order chi connectivity index (χ0) is 25.9. The molecule has 0 aliphatic carbocycles. The Bertz CT molecular complexity index is 1490. The summed E-state index contributed by atoms with van der Waals surface area (Å²) >= 11 is 0. The fourth-order valence-corrected chi connectivity index (χ4v) is 3.40. The van der Waals surface area contributed by atoms with Gasteiger partial charge in [0.05, 0.1) is 5.56 Å². The Labute approximate surface area is 202 Å². The molecule has 1 heterocycles. The monoisotopic (exact) mass is 494 g/mol. The lowest BCUT2D eigenvalue weighted by molar-refractivity contribution is -0.137. The molecule has 0 atom stereocenters. The van der Waals surface area contributed by atoms with Gasteiger partial charge in [0, 0.05) is 30.6 Å². The van der Waals surface area contributed by atoms with Crippen LogP contribution in [-0.4, -0.2) is 23.8 Å². The first-order valence-corrected chi connectivity index (χ1v) is 10.4. The molecular formula is C25H17F3N4O4. The second-order valence-electron chi connectivity index (χ2n) is 7.59. The van der Waals surface area contributed by atoms with Crippen molar-refractivity contribution in [2.75, 3.05) is 12.4 Å². The first kappa shape index (κ1) is 24.3. The molecule has 0 saturated heterocycles. The summed E-state index contributed by atoms with van der Waals surface area (Å²) in [6.07, 6.45) is -3.28. The van der Waals surface area contributed by atoms with Gasteiger partial charge in [-0.3, -0.25) is 14.6 Å². The van der Waals surface area contributed by atoms with Crippen LogP contribution in [0.5, 0.6) is 11.5 Å². The SMILES string of the molecule is CNC(=O)c1cc(Oc2ccc3ccc(C(=O)Nc4cc(N=O)cc(C(F)(F)F)c4)cc3c2)ccn1. The molecule has 36 heavy (non-hydrogen) atoms. The Kier molecular flexibility index (Phi) is 6.64. The molecule has 0 spiro atoms. The molecule has 0 bridgehead atoms. The molecule has 0 saturated carbocycles. The van der Waals surface area contributed by atoms with E-state index in [2.05, 4.69) is 20.8 Å². The summed E-state index contributed by atoms with van der Waals surface area (Å²) in [6, 6.07) is 15.3. The average Bonchev–Trinajstić information content (AvgIpc) is 2.87. The quantitative estimate of drug-likeness (QED) is 0.317. The van der Waals surface area contributed by atoms with Crippen molar-refractivity contribution < 1.29 is 27.5 Å². The highest BCUT2D eigenvalue weighted by atomic mass is 19.4. The number of nitroso groups, excluding NO2 is 1. The molecule has 0 radical (unpaired) electrons. The number of hydrogen-bond donors (Lipinski definition) is 2. The number of fused-ring (bicyclic) bond motifs is 1. The van der Waals surface area contributed by atoms with Gasteiger partial charge in [-0.1, -0.05) is 12.1 Å². The topological polar surface area (TPSA) is 110 Å². The van der Waals surface area contributed by atoms with Gasteiger partial charge in [-0.15, -0.1) is 4.91 Å². The first-order chi connectivity index (χ1) is 17.2. The fraction of sp³-hybridized carbons (Fsp3) is 0.0800. The normalized spacial score (nSPS) is 11.1. The van der Waals surface area contributed by atoms with E-state index >= 15 is 0 Å². The standard InChI is InChI=1S/C25H17F3N4O4/c1-29-24(34)22-13-21(6-7-30-22)36-20-5-4-14-2-3-15(8-16(14)9-20)23(33)31-18-10-17(25(26,27)28)11-19(12-18)32-35/h2-13H,1H3,(H,29,34)(H,31,33). The molecular weight excluding hydrogens is 477 g/mol. The van der Waals surface area contributed by atoms with Crippen LogP contribution in [-0.2, 0) is 6.18 Å². The van der Waals surface area contributed by atoms with Gasteiger partial charge >= 0.3 is 6.18 Å². The Hall–Kier alpha value is -4.80. The Morgan fingerprint density at radius 3 is 2.36 bits per heavy atom. The van der Waals surface area contributed by atoms with Gasteiger partial charge < -0.3 is 15.4 Å². The van der Waals surface area contributed by atoms with Gasteiger partial charge in [0.25, 0.3) is 11.8 Å². The number of rotatable bonds is 6. The van der Waals surface area contributed by atoms with E-state index in [-0.39, 0.29) is 22.9 Å². The summed E-state index contributed by atoms with van der Waals surface area (Å²) in [7, 11) is 1.49. The van der Waals surface area contributed by atoms with E-state index in [1.54, 1.807) is 36.4 Å². The maximum Gasteiger partial charge on any atom is 0.416 e. The van der Waals surface area contributed by atoms with E-state index in [9.17, 15) is 27.7 Å². The maximum atomic E-state index is 13.1. The van der Waals surface area contributed by atoms with E-state index in [0.29, 0.717) is 23.0 Å². The van der Waals surface area contributed by atoms with Crippen LogP contribution in [0.15, 0.2) is 78.1 Å². The van der Waals surface area contributed by atoms with Crippen LogP contribution in [0.4, 0.5) is 24.5 Å². The number of nitrogens with zero attached hydrogens (tertiary/aromatic N) is 2. The number of carbonyl (C=O) groups is 2. The lowest BCUT2D eigenvalue weighted by atomic mass is 10.1. The molecule has 0 fully saturated rings. The molecule has 3 aromatic carbocycles. The van der Waals surface area contributed by atoms with Crippen molar-refractivity contribution in [2.45, 2.75) is 6.18 Å². The number of carbonyl (C=O) groups excluding carboxylic acids is 2. The summed E-state index contributed by atoms with van der Waals surface area (Å²) in [4.78, 5) is 39.3. The maximum absolute atomic E-state index is 13.1. The van der Waals surface area contributed by atoms with Crippen LogP contribution in [0.1, 0.15) is 26.4 Å². The summed E-state index contributed by atoms with van der Waals surface area (Å²) < 4.78 is 45.1. The molecule has 4 rings (SSSR count). The molecule has 182 valence electrons. The van der Waals surface area contributed by atoms with Gasteiger partial charge in [0.2, 0.25) is 0 Å². The molecule has 0 unspecified atom stereocenters. The number of nitrogens with one attached hydrogen (secondary N) is 2. The zero-order valence-corrected chi connectivity index (χ0v) is 18.6. The molecule has 0 aliphatic heterocycles. The highest BCUT2D eigenvalue weighted by Crippen LogP contribution is 2.34. The van der Waals surface area contributed by atoms with E-state index in [1.807, 2.05) is 0 Å². The van der Waals surface area contributed by atoms with Gasteiger partial charge in [0.15, 0.2) is 0 Å². The second kappa shape index (κ2) is 9.82. The number of benzene rings is 3. The van der Waals surface area contributed by atoms with Crippen LogP contribution in [0.3, 0.4) is 0 Å². The van der Waals surface area contributed by atoms with Crippen LogP contribution < -0.4 is 15.4 Å². The largest absolute Gasteiger partial charge is 0.457 e. The molecule has 2 N–H and O–H groups in total. The van der Waals surface area contributed by atoms with E-state index in [0.717, 1.165) is 17.5 Å². The number of aromatic nitrogens is 1. The third-order valence-corrected chi connectivity index (χ3v) is 5.11. The van der Waals surface area contributed by atoms with E-state index in [4.69, 9.17) is 4.74 Å². The summed E-state index contributed by atoms with van der Waals surface area (Å²) in [5, 5.41) is 8.81. The number of hydrogen-bond acceptors (Lipinski definition) is 6. The smallest absolute Gasteiger partial charge is 0.416 e. The number of alkyl halides is 3. The van der Waals surface area contributed by atoms with Crippen LogP contribution >= 0.6 is 0 Å². The van der Waals surface area contributed by atoms with Crippen molar-refractivity contribution in [2.24, 2.45) is 5.18 Å². The van der Waals surface area contributed by atoms with Gasteiger partial charge in [0.1, 0.15) is 22.9 Å². The Morgan fingerprint density at radius 1 is 0.889 bits per heavy atom. The molecule has 2 amide bonds. The molecule has 8 nitrogen and oxygen atoms in total. The van der Waals surface area contributed by atoms with Crippen molar-refractivity contribution in [3.05, 3.63) is 94.7 Å². The van der Waals surface area contributed by atoms with Crippen LogP contribution in [0.2, 0.25) is 0 Å². The third kappa shape index (κ3) is 5.46. The Balaban J connectivity index is 1.58. The van der Waals surface area contributed by atoms with Gasteiger partial charge in [-0.25, -0.2) is 0 Å². The van der Waals surface area contributed by atoms with Crippen molar-refractivity contribution in [3.8, 4) is 11.5 Å². The highest BCUT2D eigenvalue weighted by Gasteiger charge is 2.31. The minimum atomic E-state index is -4.71. The van der Waals surface area contributed by atoms with Crippen LogP contribution in [0, 0.1) is 4.91 Å². The highest BCUT2D eigenvalue weighted by molar-refractivity contribution is 6.06. The Morgan fingerprint density at radius 2 is 1.64 bits per heavy atom. The molecule has 4 aromatic rings. The van der Waals surface area contributed by atoms with Crippen molar-refractivity contribution in [1.82, 2.24) is 10.3 Å². The molecule has 0 aliphatic rings. The van der Waals surface area contributed by atoms with Gasteiger partial charge in [-0.05, 0) is 64.5 Å². The van der Waals surface area contributed by atoms with Crippen molar-refractivity contribution >= 4 is 34.0 Å². The zero-order valence-electron chi connectivity index (χ0n) is 18.6. The molecule has 11 heteroatoms. The third-order valence-electron chi connectivity index (χ3n) is 5.11. The lowest BCUT2D eigenvalue weighted by Gasteiger charge is -2.11. The van der Waals surface area contributed by atoms with Crippen molar-refractivity contribution in [1.29, 1.82) is 0 Å². The van der Waals surface area contributed by atoms with Crippen molar-refractivity contribution in [3.63, 3.8) is 0 Å². The fourth-order valence-electron chi connectivity index (χ4n) is 3.40. The number of halogens is 3. The van der Waals surface area contributed by atoms with Gasteiger partial charge in [-0.2, -0.15) is 13.2 Å². The minimum absolute atomic E-state index is 0.170. The molecule has 1 aromatic heterocycles. The van der Waals surface area contributed by atoms with Crippen LogP contribution in [0.25, 0.3) is 10.8 Å². The summed E-state index contributed by atoms with van der Waals surface area (Å²) in [5.41, 5.74) is -1.44. The number of ether oxygens (including phenoxy) is 1. The van der Waals surface area contributed by atoms with E-state index in [1.165, 1.54) is 25.4 Å². The first-order valence-electron chi connectivity index (χ1n) is 10.4. The number of amides is 2.